The van der Waals surface area contributed by atoms with Crippen LogP contribution >= 0.6 is 23.2 Å². The molecule has 4 heteroatoms. The van der Waals surface area contributed by atoms with Crippen molar-refractivity contribution in [3.63, 3.8) is 0 Å². The lowest BCUT2D eigenvalue weighted by atomic mass is 10.1. The van der Waals surface area contributed by atoms with Crippen LogP contribution in [0.2, 0.25) is 10.0 Å². The SMILES string of the molecule is CCNCC(NC)c1ccc(Cl)cc1Cl. The second kappa shape index (κ2) is 6.33. The molecule has 0 saturated carbocycles. The Balaban J connectivity index is 2.81. The summed E-state index contributed by atoms with van der Waals surface area (Å²) < 4.78 is 0. The van der Waals surface area contributed by atoms with Gasteiger partial charge in [0.1, 0.15) is 0 Å². The molecule has 1 aromatic rings. The highest BCUT2D eigenvalue weighted by Crippen LogP contribution is 2.25. The first kappa shape index (κ1) is 12.8. The van der Waals surface area contributed by atoms with E-state index in [1.54, 1.807) is 6.07 Å². The third-order valence-corrected chi connectivity index (χ3v) is 2.85. The summed E-state index contributed by atoms with van der Waals surface area (Å²) in [5.74, 6) is 0. The van der Waals surface area contributed by atoms with E-state index < -0.39 is 0 Å². The van der Waals surface area contributed by atoms with Gasteiger partial charge in [0.05, 0.1) is 0 Å². The van der Waals surface area contributed by atoms with E-state index in [-0.39, 0.29) is 6.04 Å². The number of hydrogen-bond donors (Lipinski definition) is 2. The minimum Gasteiger partial charge on any atom is -0.315 e. The minimum atomic E-state index is 0.217. The fourth-order valence-electron chi connectivity index (χ4n) is 1.44. The van der Waals surface area contributed by atoms with Crippen molar-refractivity contribution in [3.8, 4) is 0 Å². The number of rotatable bonds is 5. The molecule has 1 unspecified atom stereocenters. The quantitative estimate of drug-likeness (QED) is 0.836. The zero-order valence-corrected chi connectivity index (χ0v) is 10.5. The van der Waals surface area contributed by atoms with E-state index >= 15 is 0 Å². The fraction of sp³-hybridized carbons (Fsp3) is 0.455. The molecule has 0 bridgehead atoms. The van der Waals surface area contributed by atoms with Crippen molar-refractivity contribution in [3.05, 3.63) is 33.8 Å². The maximum atomic E-state index is 6.13. The molecular weight excluding hydrogens is 231 g/mol. The van der Waals surface area contributed by atoms with Gasteiger partial charge in [0.15, 0.2) is 0 Å². The molecule has 0 saturated heterocycles. The molecule has 0 aromatic heterocycles. The topological polar surface area (TPSA) is 24.1 Å². The first-order valence-electron chi connectivity index (χ1n) is 5.02. The van der Waals surface area contributed by atoms with E-state index in [2.05, 4.69) is 17.6 Å². The second-order valence-electron chi connectivity index (χ2n) is 3.31. The van der Waals surface area contributed by atoms with Gasteiger partial charge in [-0.1, -0.05) is 36.2 Å². The fourth-order valence-corrected chi connectivity index (χ4v) is 1.98. The molecule has 0 spiro atoms. The van der Waals surface area contributed by atoms with Crippen LogP contribution in [0.4, 0.5) is 0 Å². The number of nitrogens with one attached hydrogen (secondary N) is 2. The van der Waals surface area contributed by atoms with E-state index in [9.17, 15) is 0 Å². The number of benzene rings is 1. The van der Waals surface area contributed by atoms with Gasteiger partial charge < -0.3 is 10.6 Å². The largest absolute Gasteiger partial charge is 0.315 e. The molecule has 0 radical (unpaired) electrons. The number of halogens is 2. The normalized spacial score (nSPS) is 12.8. The summed E-state index contributed by atoms with van der Waals surface area (Å²) in [5.41, 5.74) is 1.07. The summed E-state index contributed by atoms with van der Waals surface area (Å²) in [6.45, 7) is 3.88. The predicted molar refractivity (Wildman–Crippen MR) is 66.8 cm³/mol. The van der Waals surface area contributed by atoms with Crippen LogP contribution in [0.25, 0.3) is 0 Å². The monoisotopic (exact) mass is 246 g/mol. The van der Waals surface area contributed by atoms with Crippen molar-refractivity contribution in [2.24, 2.45) is 0 Å². The first-order chi connectivity index (χ1) is 7.19. The Morgan fingerprint density at radius 1 is 1.33 bits per heavy atom. The van der Waals surface area contributed by atoms with Gasteiger partial charge in [-0.05, 0) is 31.3 Å². The first-order valence-corrected chi connectivity index (χ1v) is 5.77. The molecule has 84 valence electrons. The van der Waals surface area contributed by atoms with Gasteiger partial charge in [-0.2, -0.15) is 0 Å². The Morgan fingerprint density at radius 3 is 2.60 bits per heavy atom. The Kier molecular flexibility index (Phi) is 5.40. The van der Waals surface area contributed by atoms with Crippen molar-refractivity contribution in [1.29, 1.82) is 0 Å². The highest BCUT2D eigenvalue weighted by atomic mass is 35.5. The van der Waals surface area contributed by atoms with Gasteiger partial charge in [-0.3, -0.25) is 0 Å². The zero-order valence-electron chi connectivity index (χ0n) is 8.98. The molecular formula is C11H16Cl2N2. The van der Waals surface area contributed by atoms with Gasteiger partial charge in [-0.25, -0.2) is 0 Å². The van der Waals surface area contributed by atoms with Crippen LogP contribution in [0.3, 0.4) is 0 Å². The molecule has 2 N–H and O–H groups in total. The highest BCUT2D eigenvalue weighted by molar-refractivity contribution is 6.35. The van der Waals surface area contributed by atoms with E-state index in [0.717, 1.165) is 18.7 Å². The summed E-state index contributed by atoms with van der Waals surface area (Å²) in [7, 11) is 1.92. The number of likely N-dealkylation sites (N-methyl/N-ethyl adjacent to an activating group) is 2. The molecule has 0 aliphatic carbocycles. The van der Waals surface area contributed by atoms with Gasteiger partial charge in [0.25, 0.3) is 0 Å². The smallest absolute Gasteiger partial charge is 0.0469 e. The highest BCUT2D eigenvalue weighted by Gasteiger charge is 2.12. The summed E-state index contributed by atoms with van der Waals surface area (Å²) in [4.78, 5) is 0. The summed E-state index contributed by atoms with van der Waals surface area (Å²) >= 11 is 12.0. The van der Waals surface area contributed by atoms with E-state index in [1.807, 2.05) is 19.2 Å². The van der Waals surface area contributed by atoms with Gasteiger partial charge in [0.2, 0.25) is 0 Å². The van der Waals surface area contributed by atoms with Gasteiger partial charge in [0, 0.05) is 22.6 Å². The maximum Gasteiger partial charge on any atom is 0.0469 e. The average molecular weight is 247 g/mol. The Hall–Kier alpha value is -0.280. The third-order valence-electron chi connectivity index (χ3n) is 2.28. The Bertz CT molecular complexity index is 315. The molecule has 0 amide bonds. The number of hydrogen-bond acceptors (Lipinski definition) is 2. The van der Waals surface area contributed by atoms with Crippen LogP contribution in [0, 0.1) is 0 Å². The summed E-state index contributed by atoms with van der Waals surface area (Å²) in [6, 6.07) is 5.81. The van der Waals surface area contributed by atoms with Crippen molar-refractivity contribution in [1.82, 2.24) is 10.6 Å². The molecule has 0 fully saturated rings. The van der Waals surface area contributed by atoms with Crippen LogP contribution in [-0.4, -0.2) is 20.1 Å². The van der Waals surface area contributed by atoms with E-state index in [0.29, 0.717) is 10.0 Å². The van der Waals surface area contributed by atoms with Crippen LogP contribution in [0.15, 0.2) is 18.2 Å². The van der Waals surface area contributed by atoms with Crippen LogP contribution in [0.1, 0.15) is 18.5 Å². The third kappa shape index (κ3) is 3.65. The second-order valence-corrected chi connectivity index (χ2v) is 4.16. The Labute approximate surface area is 101 Å². The molecule has 1 aromatic carbocycles. The molecule has 1 atom stereocenters. The summed E-state index contributed by atoms with van der Waals surface area (Å²) in [5, 5.41) is 7.89. The zero-order chi connectivity index (χ0) is 11.3. The van der Waals surface area contributed by atoms with Crippen LogP contribution in [-0.2, 0) is 0 Å². The molecule has 15 heavy (non-hydrogen) atoms. The Morgan fingerprint density at radius 2 is 2.07 bits per heavy atom. The van der Waals surface area contributed by atoms with Crippen molar-refractivity contribution < 1.29 is 0 Å². The standard InChI is InChI=1S/C11H16Cl2N2/c1-3-15-7-11(14-2)9-5-4-8(12)6-10(9)13/h4-6,11,14-15H,3,7H2,1-2H3. The minimum absolute atomic E-state index is 0.217. The van der Waals surface area contributed by atoms with Gasteiger partial charge in [-0.15, -0.1) is 0 Å². The predicted octanol–water partition coefficient (Wildman–Crippen LogP) is 2.86. The molecule has 2 nitrogen and oxygen atoms in total. The van der Waals surface area contributed by atoms with Gasteiger partial charge >= 0.3 is 0 Å². The van der Waals surface area contributed by atoms with Crippen LogP contribution < -0.4 is 10.6 Å². The molecule has 0 heterocycles. The van der Waals surface area contributed by atoms with Crippen molar-refractivity contribution in [2.45, 2.75) is 13.0 Å². The molecule has 0 aliphatic rings. The van der Waals surface area contributed by atoms with E-state index in [4.69, 9.17) is 23.2 Å². The van der Waals surface area contributed by atoms with Crippen molar-refractivity contribution >= 4 is 23.2 Å². The molecule has 1 rings (SSSR count). The van der Waals surface area contributed by atoms with Crippen LogP contribution in [0.5, 0.6) is 0 Å². The maximum absolute atomic E-state index is 6.13. The lowest BCUT2D eigenvalue weighted by molar-refractivity contribution is 0.538. The lowest BCUT2D eigenvalue weighted by Crippen LogP contribution is -2.29. The average Bonchev–Trinajstić information content (AvgIpc) is 2.21. The summed E-state index contributed by atoms with van der Waals surface area (Å²) in [6.07, 6.45) is 0. The lowest BCUT2D eigenvalue weighted by Gasteiger charge is -2.18. The van der Waals surface area contributed by atoms with Crippen molar-refractivity contribution in [2.75, 3.05) is 20.1 Å². The van der Waals surface area contributed by atoms with E-state index in [1.165, 1.54) is 0 Å². The molecule has 0 aliphatic heterocycles.